The van der Waals surface area contributed by atoms with Gasteiger partial charge in [0.1, 0.15) is 11.6 Å². The first kappa shape index (κ1) is 20.6. The topological polar surface area (TPSA) is 56.3 Å². The van der Waals surface area contributed by atoms with Gasteiger partial charge in [-0.05, 0) is 48.5 Å². The highest BCUT2D eigenvalue weighted by molar-refractivity contribution is 7.80. The minimum absolute atomic E-state index is 0.508. The maximum absolute atomic E-state index is 5.39. The third-order valence-electron chi connectivity index (χ3n) is 5.77. The second kappa shape index (κ2) is 9.43. The molecule has 30 heavy (non-hydrogen) atoms. The van der Waals surface area contributed by atoms with E-state index in [0.717, 1.165) is 44.2 Å². The van der Waals surface area contributed by atoms with Gasteiger partial charge in [-0.3, -0.25) is 0 Å². The number of fused-ring (bicyclic) bond motifs is 1. The second-order valence-electron chi connectivity index (χ2n) is 8.17. The predicted octanol–water partition coefficient (Wildman–Crippen LogP) is 3.75. The number of aromatic nitrogens is 2. The van der Waals surface area contributed by atoms with E-state index < -0.39 is 0 Å². The number of piperidine rings is 1. The summed E-state index contributed by atoms with van der Waals surface area (Å²) in [6.45, 7) is 10.5. The van der Waals surface area contributed by atoms with Crippen LogP contribution < -0.4 is 20.4 Å². The molecule has 1 fully saturated rings. The van der Waals surface area contributed by atoms with Crippen LogP contribution in [0.25, 0.3) is 0 Å². The Hall–Kier alpha value is -2.67. The molecular formula is C23H30N6S. The monoisotopic (exact) mass is 422 g/mol. The van der Waals surface area contributed by atoms with Crippen molar-refractivity contribution in [3.05, 3.63) is 54.1 Å². The lowest BCUT2D eigenvalue weighted by Gasteiger charge is -2.34. The lowest BCUT2D eigenvalue weighted by Crippen LogP contribution is -2.36. The molecule has 1 aromatic carbocycles. The quantitative estimate of drug-likeness (QED) is 0.562. The number of nitrogens with zero attached hydrogens (tertiary/aromatic N) is 4. The van der Waals surface area contributed by atoms with Crippen LogP contribution in [0.15, 0.2) is 43.0 Å². The van der Waals surface area contributed by atoms with Gasteiger partial charge < -0.3 is 20.4 Å². The minimum atomic E-state index is 0.508. The number of thiocarbonyl (C=S) groups is 1. The van der Waals surface area contributed by atoms with E-state index in [9.17, 15) is 0 Å². The molecule has 158 valence electrons. The average Bonchev–Trinajstić information content (AvgIpc) is 2.77. The van der Waals surface area contributed by atoms with E-state index in [0.29, 0.717) is 23.5 Å². The highest BCUT2D eigenvalue weighted by Gasteiger charge is 2.22. The first-order chi connectivity index (χ1) is 14.6. The first-order valence-corrected chi connectivity index (χ1v) is 11.1. The fourth-order valence-corrected chi connectivity index (χ4v) is 4.38. The van der Waals surface area contributed by atoms with E-state index in [2.05, 4.69) is 64.3 Å². The van der Waals surface area contributed by atoms with E-state index >= 15 is 0 Å². The molecule has 0 saturated carbocycles. The van der Waals surface area contributed by atoms with Crippen molar-refractivity contribution in [3.63, 3.8) is 0 Å². The van der Waals surface area contributed by atoms with Gasteiger partial charge in [0.15, 0.2) is 5.11 Å². The fourth-order valence-electron chi connectivity index (χ4n) is 4.20. The van der Waals surface area contributed by atoms with Crippen LogP contribution in [0.2, 0.25) is 0 Å². The van der Waals surface area contributed by atoms with Crippen LogP contribution in [0.4, 0.5) is 17.6 Å². The Labute approximate surface area is 184 Å². The molecule has 1 atom stereocenters. The van der Waals surface area contributed by atoms with Crippen LogP contribution >= 0.6 is 12.2 Å². The molecule has 0 bridgehead atoms. The third kappa shape index (κ3) is 4.90. The summed E-state index contributed by atoms with van der Waals surface area (Å²) >= 11 is 5.39. The number of nitrogens with one attached hydrogen (secondary N) is 2. The molecule has 6 nitrogen and oxygen atoms in total. The maximum atomic E-state index is 5.39. The number of benzene rings is 1. The molecule has 7 heteroatoms. The van der Waals surface area contributed by atoms with Crippen molar-refractivity contribution in [2.45, 2.75) is 32.7 Å². The molecule has 4 rings (SSSR count). The van der Waals surface area contributed by atoms with Crippen LogP contribution in [0.3, 0.4) is 0 Å². The molecule has 2 aliphatic heterocycles. The number of hydrogen-bond donors (Lipinski definition) is 2. The molecular weight excluding hydrogens is 392 g/mol. The Morgan fingerprint density at radius 2 is 1.97 bits per heavy atom. The molecule has 0 aliphatic carbocycles. The Bertz CT molecular complexity index is 914. The molecule has 0 spiro atoms. The zero-order chi connectivity index (χ0) is 20.9. The SMILES string of the molecule is C=CCNC(=S)Nc1nc(N2CCc3ccccc3C2)cc(N2CCC[C@H](C)C2)n1. The first-order valence-electron chi connectivity index (χ1n) is 10.7. The standard InChI is InChI=1S/C23H30N6S/c1-3-11-24-23(30)27-22-25-20(28-12-6-7-17(2)15-28)14-21(26-22)29-13-10-18-8-4-5-9-19(18)16-29/h3-5,8-9,14,17H,1,6-7,10-13,15-16H2,2H3,(H2,24,25,26,27,30)/t17-/m0/s1. The van der Waals surface area contributed by atoms with Crippen molar-refractivity contribution < 1.29 is 0 Å². The molecule has 1 aromatic heterocycles. The number of rotatable bonds is 5. The van der Waals surface area contributed by atoms with Gasteiger partial charge in [0.2, 0.25) is 5.95 Å². The van der Waals surface area contributed by atoms with Crippen molar-refractivity contribution in [3.8, 4) is 0 Å². The number of anilines is 3. The van der Waals surface area contributed by atoms with Crippen molar-refractivity contribution in [1.82, 2.24) is 15.3 Å². The molecule has 1 saturated heterocycles. The fraction of sp³-hybridized carbons (Fsp3) is 0.435. The molecule has 2 aromatic rings. The summed E-state index contributed by atoms with van der Waals surface area (Å²) < 4.78 is 0. The van der Waals surface area contributed by atoms with E-state index in [1.54, 1.807) is 6.08 Å². The third-order valence-corrected chi connectivity index (χ3v) is 6.01. The summed E-state index contributed by atoms with van der Waals surface area (Å²) in [5.74, 6) is 3.13. The number of hydrogen-bond acceptors (Lipinski definition) is 5. The van der Waals surface area contributed by atoms with Gasteiger partial charge >= 0.3 is 0 Å². The average molecular weight is 423 g/mol. The van der Waals surface area contributed by atoms with Crippen molar-refractivity contribution in [2.24, 2.45) is 5.92 Å². The molecule has 3 heterocycles. The van der Waals surface area contributed by atoms with E-state index in [1.807, 2.05) is 0 Å². The summed E-state index contributed by atoms with van der Waals surface area (Å²) in [6.07, 6.45) is 5.27. The zero-order valence-electron chi connectivity index (χ0n) is 17.6. The smallest absolute Gasteiger partial charge is 0.232 e. The zero-order valence-corrected chi connectivity index (χ0v) is 18.4. The van der Waals surface area contributed by atoms with Crippen LogP contribution in [0.5, 0.6) is 0 Å². The second-order valence-corrected chi connectivity index (χ2v) is 8.57. The largest absolute Gasteiger partial charge is 0.359 e. The molecule has 0 radical (unpaired) electrons. The molecule has 2 aliphatic rings. The molecule has 2 N–H and O–H groups in total. The summed E-state index contributed by atoms with van der Waals surface area (Å²) in [6, 6.07) is 10.8. The van der Waals surface area contributed by atoms with Crippen LogP contribution in [0, 0.1) is 5.92 Å². The molecule has 0 unspecified atom stereocenters. The Morgan fingerprint density at radius 1 is 1.20 bits per heavy atom. The highest BCUT2D eigenvalue weighted by Crippen LogP contribution is 2.28. The Kier molecular flexibility index (Phi) is 6.47. The summed E-state index contributed by atoms with van der Waals surface area (Å²) in [4.78, 5) is 14.3. The molecule has 0 amide bonds. The summed E-state index contributed by atoms with van der Waals surface area (Å²) in [7, 11) is 0. The van der Waals surface area contributed by atoms with Gasteiger partial charge in [-0.25, -0.2) is 0 Å². The van der Waals surface area contributed by atoms with Gasteiger partial charge in [-0.15, -0.1) is 6.58 Å². The Morgan fingerprint density at radius 3 is 2.73 bits per heavy atom. The maximum Gasteiger partial charge on any atom is 0.232 e. The van der Waals surface area contributed by atoms with Crippen molar-refractivity contribution >= 4 is 34.9 Å². The van der Waals surface area contributed by atoms with Crippen molar-refractivity contribution in [2.75, 3.05) is 41.3 Å². The summed E-state index contributed by atoms with van der Waals surface area (Å²) in [5.41, 5.74) is 2.80. The summed E-state index contributed by atoms with van der Waals surface area (Å²) in [5, 5.41) is 6.77. The lowest BCUT2D eigenvalue weighted by atomic mass is 10.00. The highest BCUT2D eigenvalue weighted by atomic mass is 32.1. The van der Waals surface area contributed by atoms with Crippen LogP contribution in [0.1, 0.15) is 30.9 Å². The van der Waals surface area contributed by atoms with E-state index in [-0.39, 0.29) is 0 Å². The van der Waals surface area contributed by atoms with Crippen LogP contribution in [-0.4, -0.2) is 41.3 Å². The van der Waals surface area contributed by atoms with Crippen molar-refractivity contribution in [1.29, 1.82) is 0 Å². The minimum Gasteiger partial charge on any atom is -0.359 e. The Balaban J connectivity index is 1.61. The predicted molar refractivity (Wildman–Crippen MR) is 128 cm³/mol. The van der Waals surface area contributed by atoms with Gasteiger partial charge in [-0.1, -0.05) is 37.3 Å². The van der Waals surface area contributed by atoms with Gasteiger partial charge in [0.05, 0.1) is 0 Å². The van der Waals surface area contributed by atoms with Gasteiger partial charge in [0.25, 0.3) is 0 Å². The van der Waals surface area contributed by atoms with E-state index in [1.165, 1.54) is 24.0 Å². The van der Waals surface area contributed by atoms with Gasteiger partial charge in [0, 0.05) is 38.8 Å². The normalized spacial score (nSPS) is 18.5. The van der Waals surface area contributed by atoms with Gasteiger partial charge in [-0.2, -0.15) is 9.97 Å². The van der Waals surface area contributed by atoms with Crippen LogP contribution in [-0.2, 0) is 13.0 Å². The van der Waals surface area contributed by atoms with E-state index in [4.69, 9.17) is 22.2 Å². The lowest BCUT2D eigenvalue weighted by molar-refractivity contribution is 0.444.